The van der Waals surface area contributed by atoms with Crippen molar-refractivity contribution < 1.29 is 56.2 Å². The number of carbonyl (C=O) groups excluding carboxylic acids is 1. The fourth-order valence-corrected chi connectivity index (χ4v) is 7.11. The lowest BCUT2D eigenvalue weighted by atomic mass is 9.99. The molecule has 13 heteroatoms. The third-order valence-electron chi connectivity index (χ3n) is 9.97. The zero-order valence-electron chi connectivity index (χ0n) is 35.8. The Kier molecular flexibility index (Phi) is 34.4. The number of unbranched alkanes of at least 4 members (excludes halogenated alkanes) is 17. The molecule has 1 aliphatic heterocycles. The lowest BCUT2D eigenvalue weighted by Crippen LogP contribution is -2.60. The van der Waals surface area contributed by atoms with E-state index in [2.05, 4.69) is 66.6 Å². The minimum Gasteiger partial charge on any atom is -0.457 e. The van der Waals surface area contributed by atoms with E-state index in [4.69, 9.17) is 23.5 Å². The molecule has 0 spiro atoms. The molecule has 1 saturated heterocycles. The van der Waals surface area contributed by atoms with E-state index in [1.54, 1.807) is 0 Å². The predicted molar refractivity (Wildman–Crippen MR) is 230 cm³/mol. The number of carbonyl (C=O) groups is 1. The molecule has 1 fully saturated rings. The van der Waals surface area contributed by atoms with Crippen molar-refractivity contribution in [2.45, 2.75) is 205 Å². The Morgan fingerprint density at radius 1 is 0.672 bits per heavy atom. The molecule has 58 heavy (non-hydrogen) atoms. The number of esters is 1. The van der Waals surface area contributed by atoms with Gasteiger partial charge in [-0.05, 0) is 51.4 Å². The van der Waals surface area contributed by atoms with E-state index in [0.29, 0.717) is 13.0 Å². The van der Waals surface area contributed by atoms with Gasteiger partial charge in [0, 0.05) is 13.0 Å². The van der Waals surface area contributed by atoms with Crippen molar-refractivity contribution in [2.75, 3.05) is 26.4 Å². The van der Waals surface area contributed by atoms with Gasteiger partial charge in [0.25, 0.3) is 0 Å². The zero-order valence-corrected chi connectivity index (χ0v) is 36.7. The fraction of sp³-hybridized carbons (Fsp3) is 0.800. The summed E-state index contributed by atoms with van der Waals surface area (Å²) >= 11 is 0. The first-order valence-electron chi connectivity index (χ1n) is 22.4. The Bertz CT molecular complexity index is 1200. The maximum absolute atomic E-state index is 12.8. The third-order valence-corrected chi connectivity index (χ3v) is 10.4. The molecular weight excluding hydrogens is 765 g/mol. The Morgan fingerprint density at radius 2 is 1.19 bits per heavy atom. The highest BCUT2D eigenvalue weighted by Crippen LogP contribution is 2.26. The summed E-state index contributed by atoms with van der Waals surface area (Å²) in [6.07, 6.45) is 34.3. The van der Waals surface area contributed by atoms with Crippen LogP contribution in [0.1, 0.15) is 168 Å². The summed E-state index contributed by atoms with van der Waals surface area (Å²) in [7, 11) is -5.06. The number of hydrogen-bond donors (Lipinski definition) is 4. The Balaban J connectivity index is 2.44. The normalized spacial score (nSPS) is 21.0. The van der Waals surface area contributed by atoms with Crippen LogP contribution in [0.3, 0.4) is 0 Å². The highest BCUT2D eigenvalue weighted by atomic mass is 32.3. The van der Waals surface area contributed by atoms with Crippen molar-refractivity contribution in [3.05, 3.63) is 48.6 Å². The highest BCUT2D eigenvalue weighted by molar-refractivity contribution is 7.80. The summed E-state index contributed by atoms with van der Waals surface area (Å²) < 4.78 is 59.0. The van der Waals surface area contributed by atoms with Crippen LogP contribution in [0.25, 0.3) is 0 Å². The van der Waals surface area contributed by atoms with Crippen LogP contribution in [0.4, 0.5) is 0 Å². The van der Waals surface area contributed by atoms with Gasteiger partial charge in [0.1, 0.15) is 30.5 Å². The molecule has 1 heterocycles. The van der Waals surface area contributed by atoms with E-state index in [1.807, 2.05) is 0 Å². The molecule has 1 rings (SSSR count). The van der Waals surface area contributed by atoms with Crippen molar-refractivity contribution in [3.8, 4) is 0 Å². The summed E-state index contributed by atoms with van der Waals surface area (Å²) in [4.78, 5) is 12.8. The Morgan fingerprint density at radius 3 is 1.74 bits per heavy atom. The summed E-state index contributed by atoms with van der Waals surface area (Å²) in [5.74, 6) is -0.408. The van der Waals surface area contributed by atoms with E-state index in [0.717, 1.165) is 83.5 Å². The van der Waals surface area contributed by atoms with Gasteiger partial charge in [0.05, 0.1) is 19.8 Å². The highest BCUT2D eigenvalue weighted by Gasteiger charge is 2.48. The topological polar surface area (TPSA) is 178 Å². The van der Waals surface area contributed by atoms with Gasteiger partial charge in [0.15, 0.2) is 6.29 Å². The summed E-state index contributed by atoms with van der Waals surface area (Å²) in [5, 5.41) is 30.6. The maximum Gasteiger partial charge on any atom is 0.397 e. The molecule has 0 bridgehead atoms. The lowest BCUT2D eigenvalue weighted by Gasteiger charge is -2.41. The molecule has 0 aromatic heterocycles. The molecule has 0 radical (unpaired) electrons. The molecule has 1 aliphatic rings. The average Bonchev–Trinajstić information content (AvgIpc) is 3.19. The largest absolute Gasteiger partial charge is 0.457 e. The van der Waals surface area contributed by atoms with E-state index < -0.39 is 59.8 Å². The minimum absolute atomic E-state index is 0.0238. The molecule has 0 aliphatic carbocycles. The predicted octanol–water partition coefficient (Wildman–Crippen LogP) is 9.19. The number of allylic oxidation sites excluding steroid dienone is 8. The quantitative estimate of drug-likeness (QED) is 0.0201. The fourth-order valence-electron chi connectivity index (χ4n) is 6.60. The molecule has 4 N–H and O–H groups in total. The first-order valence-corrected chi connectivity index (χ1v) is 23.8. The van der Waals surface area contributed by atoms with Crippen LogP contribution >= 0.6 is 0 Å². The van der Waals surface area contributed by atoms with E-state index in [-0.39, 0.29) is 19.6 Å². The second-order valence-corrected chi connectivity index (χ2v) is 16.3. The first kappa shape index (κ1) is 54.1. The molecule has 0 aromatic carbocycles. The van der Waals surface area contributed by atoms with Crippen molar-refractivity contribution >= 4 is 16.4 Å². The van der Waals surface area contributed by atoms with Gasteiger partial charge in [-0.15, -0.1) is 0 Å². The SMILES string of the molecule is CC/C=C\C/C=C\C/C=C\C/C=C\CCCCCCCOCC(COC1OC(CO)C(O)C(OS(=O)(=O)O)C1O)OC(=O)CCCCCCCCCCCCCCC. The smallest absolute Gasteiger partial charge is 0.397 e. The standard InChI is InChI=1S/C45H80O12S/c1-3-5-7-9-11-13-15-17-18-19-20-21-23-25-27-29-31-33-35-53-37-39(38-54-45-43(49)44(57-58(50,51)52)42(48)40(36-46)56-45)55-41(47)34-32-30-28-26-24-22-16-14-12-10-8-6-4-2/h5,7,11,13,17-18,20-21,39-40,42-46,48-49H,3-4,6,8-10,12,14-16,19,22-38H2,1-2H3,(H,50,51,52)/b7-5-,13-11-,18-17-,21-20-. The van der Waals surface area contributed by atoms with Gasteiger partial charge < -0.3 is 34.3 Å². The lowest BCUT2D eigenvalue weighted by molar-refractivity contribution is -0.301. The molecule has 338 valence electrons. The van der Waals surface area contributed by atoms with Crippen molar-refractivity contribution in [2.24, 2.45) is 0 Å². The van der Waals surface area contributed by atoms with Gasteiger partial charge in [-0.1, -0.05) is 159 Å². The van der Waals surface area contributed by atoms with E-state index >= 15 is 0 Å². The number of aliphatic hydroxyl groups is 3. The average molecular weight is 845 g/mol. The number of hydrogen-bond acceptors (Lipinski definition) is 11. The maximum atomic E-state index is 12.8. The van der Waals surface area contributed by atoms with Gasteiger partial charge in [-0.3, -0.25) is 9.35 Å². The minimum atomic E-state index is -5.06. The molecule has 0 saturated carbocycles. The molecule has 0 aromatic rings. The van der Waals surface area contributed by atoms with Crippen molar-refractivity contribution in [1.82, 2.24) is 0 Å². The summed E-state index contributed by atoms with van der Waals surface area (Å²) in [6, 6.07) is 0. The summed E-state index contributed by atoms with van der Waals surface area (Å²) in [5.41, 5.74) is 0. The van der Waals surface area contributed by atoms with Crippen LogP contribution in [-0.4, -0.2) is 97.5 Å². The Hall–Kier alpha value is -1.94. The van der Waals surface area contributed by atoms with Crippen LogP contribution in [-0.2, 0) is 38.3 Å². The second kappa shape index (κ2) is 36.9. The number of aliphatic hydroxyl groups excluding tert-OH is 3. The second-order valence-electron chi connectivity index (χ2n) is 15.3. The zero-order chi connectivity index (χ0) is 42.5. The molecular formula is C45H80O12S. The van der Waals surface area contributed by atoms with Gasteiger partial charge in [-0.2, -0.15) is 8.42 Å². The van der Waals surface area contributed by atoms with Crippen LogP contribution in [0.5, 0.6) is 0 Å². The van der Waals surface area contributed by atoms with Gasteiger partial charge in [-0.25, -0.2) is 4.18 Å². The van der Waals surface area contributed by atoms with E-state index in [1.165, 1.54) is 57.8 Å². The third kappa shape index (κ3) is 30.1. The number of ether oxygens (including phenoxy) is 4. The number of rotatable bonds is 38. The molecule has 6 atom stereocenters. The van der Waals surface area contributed by atoms with Crippen LogP contribution in [0.15, 0.2) is 48.6 Å². The molecule has 6 unspecified atom stereocenters. The van der Waals surface area contributed by atoms with Gasteiger partial charge >= 0.3 is 16.4 Å². The van der Waals surface area contributed by atoms with Gasteiger partial charge in [0.2, 0.25) is 0 Å². The molecule has 12 nitrogen and oxygen atoms in total. The van der Waals surface area contributed by atoms with Crippen LogP contribution < -0.4 is 0 Å². The first-order chi connectivity index (χ1) is 28.1. The monoisotopic (exact) mass is 845 g/mol. The van der Waals surface area contributed by atoms with Crippen LogP contribution in [0.2, 0.25) is 0 Å². The van der Waals surface area contributed by atoms with Crippen LogP contribution in [0, 0.1) is 0 Å². The molecule has 0 amide bonds. The van der Waals surface area contributed by atoms with Crippen molar-refractivity contribution in [1.29, 1.82) is 0 Å². The Labute approximate surface area is 351 Å². The summed E-state index contributed by atoms with van der Waals surface area (Å²) in [6.45, 7) is 3.83. The van der Waals surface area contributed by atoms with E-state index in [9.17, 15) is 28.5 Å². The van der Waals surface area contributed by atoms with Crippen molar-refractivity contribution in [3.63, 3.8) is 0 Å².